The lowest BCUT2D eigenvalue weighted by Crippen LogP contribution is -2.34. The number of carbonyl (C=O) groups excluding carboxylic acids is 1. The van der Waals surface area contributed by atoms with E-state index < -0.39 is 6.10 Å². The molecule has 0 aliphatic carbocycles. The standard InChI is InChI=1S/C11H14BrNO3/c1-7-3-2-4-9(10(7)12)11(16)13-5-8(15)6-14/h2-4,8,14-15H,5-6H2,1H3,(H,13,16). The average Bonchev–Trinajstić information content (AvgIpc) is 2.29. The van der Waals surface area contributed by atoms with Crippen molar-refractivity contribution in [2.45, 2.75) is 13.0 Å². The van der Waals surface area contributed by atoms with Gasteiger partial charge < -0.3 is 15.5 Å². The molecule has 5 heteroatoms. The van der Waals surface area contributed by atoms with E-state index >= 15 is 0 Å². The zero-order valence-corrected chi connectivity index (χ0v) is 10.5. The number of nitrogens with one attached hydrogen (secondary N) is 1. The molecule has 1 atom stereocenters. The molecule has 0 aliphatic heterocycles. The fraction of sp³-hybridized carbons (Fsp3) is 0.364. The van der Waals surface area contributed by atoms with Crippen molar-refractivity contribution in [1.29, 1.82) is 0 Å². The molecular weight excluding hydrogens is 274 g/mol. The minimum atomic E-state index is -0.924. The number of amides is 1. The van der Waals surface area contributed by atoms with E-state index in [1.807, 2.05) is 13.0 Å². The molecule has 0 aromatic heterocycles. The van der Waals surface area contributed by atoms with Gasteiger partial charge in [-0.3, -0.25) is 4.79 Å². The van der Waals surface area contributed by atoms with Crippen molar-refractivity contribution in [1.82, 2.24) is 5.32 Å². The fourth-order valence-corrected chi connectivity index (χ4v) is 1.64. The van der Waals surface area contributed by atoms with Crippen molar-refractivity contribution < 1.29 is 15.0 Å². The van der Waals surface area contributed by atoms with E-state index in [9.17, 15) is 4.79 Å². The van der Waals surface area contributed by atoms with E-state index in [-0.39, 0.29) is 19.1 Å². The van der Waals surface area contributed by atoms with E-state index in [4.69, 9.17) is 10.2 Å². The lowest BCUT2D eigenvalue weighted by Gasteiger charge is -2.10. The summed E-state index contributed by atoms with van der Waals surface area (Å²) in [6, 6.07) is 5.37. The van der Waals surface area contributed by atoms with E-state index in [1.165, 1.54) is 0 Å². The van der Waals surface area contributed by atoms with Gasteiger partial charge in [-0.2, -0.15) is 0 Å². The third kappa shape index (κ3) is 3.30. The van der Waals surface area contributed by atoms with Crippen molar-refractivity contribution in [3.63, 3.8) is 0 Å². The van der Waals surface area contributed by atoms with Crippen LogP contribution in [0.1, 0.15) is 15.9 Å². The van der Waals surface area contributed by atoms with Gasteiger partial charge in [-0.15, -0.1) is 0 Å². The molecule has 0 aliphatic rings. The van der Waals surface area contributed by atoms with Gasteiger partial charge >= 0.3 is 0 Å². The second kappa shape index (κ2) is 5.98. The van der Waals surface area contributed by atoms with Gasteiger partial charge in [0.05, 0.1) is 18.3 Å². The first-order chi connectivity index (χ1) is 7.56. The highest BCUT2D eigenvalue weighted by molar-refractivity contribution is 9.10. The second-order valence-electron chi connectivity index (χ2n) is 3.48. The Morgan fingerprint density at radius 1 is 1.56 bits per heavy atom. The van der Waals surface area contributed by atoms with Crippen molar-refractivity contribution >= 4 is 21.8 Å². The Hall–Kier alpha value is -0.910. The second-order valence-corrected chi connectivity index (χ2v) is 4.28. The molecule has 1 aromatic carbocycles. The van der Waals surface area contributed by atoms with Gasteiger partial charge in [0.2, 0.25) is 0 Å². The Kier molecular flexibility index (Phi) is 4.92. The van der Waals surface area contributed by atoms with Gasteiger partial charge in [0.1, 0.15) is 0 Å². The van der Waals surface area contributed by atoms with Gasteiger partial charge in [-0.25, -0.2) is 0 Å². The van der Waals surface area contributed by atoms with Gasteiger partial charge in [0, 0.05) is 11.0 Å². The summed E-state index contributed by atoms with van der Waals surface area (Å²) in [6.45, 7) is 1.56. The summed E-state index contributed by atoms with van der Waals surface area (Å²) in [5, 5.41) is 20.2. The van der Waals surface area contributed by atoms with Crippen LogP contribution in [0, 0.1) is 6.92 Å². The molecule has 0 radical (unpaired) electrons. The summed E-state index contributed by atoms with van der Waals surface area (Å²) in [7, 11) is 0. The lowest BCUT2D eigenvalue weighted by molar-refractivity contribution is 0.0801. The summed E-state index contributed by atoms with van der Waals surface area (Å²) in [6.07, 6.45) is -0.924. The molecule has 0 heterocycles. The molecule has 0 spiro atoms. The quantitative estimate of drug-likeness (QED) is 0.769. The van der Waals surface area contributed by atoms with E-state index in [1.54, 1.807) is 12.1 Å². The van der Waals surface area contributed by atoms with Crippen LogP contribution in [0.2, 0.25) is 0 Å². The summed E-state index contributed by atoms with van der Waals surface area (Å²) in [4.78, 5) is 11.7. The molecule has 1 rings (SSSR count). The number of hydrogen-bond donors (Lipinski definition) is 3. The molecule has 0 saturated heterocycles. The monoisotopic (exact) mass is 287 g/mol. The van der Waals surface area contributed by atoms with Gasteiger partial charge in [-0.1, -0.05) is 12.1 Å². The maximum atomic E-state index is 11.7. The Morgan fingerprint density at radius 2 is 2.25 bits per heavy atom. The highest BCUT2D eigenvalue weighted by atomic mass is 79.9. The molecule has 0 fully saturated rings. The predicted molar refractivity (Wildman–Crippen MR) is 64.3 cm³/mol. The number of rotatable bonds is 4. The van der Waals surface area contributed by atoms with Crippen molar-refractivity contribution in [3.05, 3.63) is 33.8 Å². The van der Waals surface area contributed by atoms with Crippen LogP contribution in [0.15, 0.2) is 22.7 Å². The van der Waals surface area contributed by atoms with Gasteiger partial charge in [0.25, 0.3) is 5.91 Å². The van der Waals surface area contributed by atoms with Crippen LogP contribution in [-0.4, -0.2) is 35.4 Å². The van der Waals surface area contributed by atoms with Crippen molar-refractivity contribution in [2.24, 2.45) is 0 Å². The van der Waals surface area contributed by atoms with Crippen LogP contribution in [0.3, 0.4) is 0 Å². The topological polar surface area (TPSA) is 69.6 Å². The molecule has 1 unspecified atom stereocenters. The third-order valence-electron chi connectivity index (χ3n) is 2.15. The number of halogens is 1. The van der Waals surface area contributed by atoms with Crippen molar-refractivity contribution in [2.75, 3.05) is 13.2 Å². The first-order valence-electron chi connectivity index (χ1n) is 4.88. The minimum Gasteiger partial charge on any atom is -0.394 e. The van der Waals surface area contributed by atoms with Crippen LogP contribution in [0.5, 0.6) is 0 Å². The van der Waals surface area contributed by atoms with Crippen LogP contribution in [0.4, 0.5) is 0 Å². The lowest BCUT2D eigenvalue weighted by atomic mass is 10.1. The number of benzene rings is 1. The summed E-state index contributed by atoms with van der Waals surface area (Å²) < 4.78 is 0.742. The number of aryl methyl sites for hydroxylation is 1. The first-order valence-corrected chi connectivity index (χ1v) is 5.67. The molecule has 4 nitrogen and oxygen atoms in total. The molecule has 1 amide bonds. The van der Waals surface area contributed by atoms with E-state index in [2.05, 4.69) is 21.2 Å². The Balaban J connectivity index is 2.70. The number of aliphatic hydroxyl groups excluding tert-OH is 2. The summed E-state index contributed by atoms with van der Waals surface area (Å²) >= 11 is 3.33. The van der Waals surface area contributed by atoms with Gasteiger partial charge in [0.15, 0.2) is 0 Å². The molecule has 16 heavy (non-hydrogen) atoms. The smallest absolute Gasteiger partial charge is 0.252 e. The molecule has 1 aromatic rings. The van der Waals surface area contributed by atoms with Crippen LogP contribution in [-0.2, 0) is 0 Å². The SMILES string of the molecule is Cc1cccc(C(=O)NCC(O)CO)c1Br. The van der Waals surface area contributed by atoms with Gasteiger partial charge in [-0.05, 0) is 34.5 Å². The molecule has 88 valence electrons. The fourth-order valence-electron chi connectivity index (χ4n) is 1.19. The van der Waals surface area contributed by atoms with E-state index in [0.717, 1.165) is 10.0 Å². The molecule has 3 N–H and O–H groups in total. The Bertz CT molecular complexity index is 381. The normalized spacial score (nSPS) is 12.2. The number of carbonyl (C=O) groups is 1. The number of hydrogen-bond acceptors (Lipinski definition) is 3. The maximum absolute atomic E-state index is 11.7. The maximum Gasteiger partial charge on any atom is 0.252 e. The molecular formula is C11H14BrNO3. The highest BCUT2D eigenvalue weighted by Gasteiger charge is 2.12. The zero-order chi connectivity index (χ0) is 12.1. The van der Waals surface area contributed by atoms with E-state index in [0.29, 0.717) is 5.56 Å². The Morgan fingerprint density at radius 3 is 2.88 bits per heavy atom. The molecule has 0 saturated carbocycles. The van der Waals surface area contributed by atoms with Crippen LogP contribution >= 0.6 is 15.9 Å². The summed E-state index contributed by atoms with van der Waals surface area (Å²) in [5.74, 6) is -0.275. The number of aliphatic hydroxyl groups is 2. The highest BCUT2D eigenvalue weighted by Crippen LogP contribution is 2.20. The zero-order valence-electron chi connectivity index (χ0n) is 8.90. The van der Waals surface area contributed by atoms with Crippen LogP contribution in [0.25, 0.3) is 0 Å². The third-order valence-corrected chi connectivity index (χ3v) is 3.20. The van der Waals surface area contributed by atoms with Crippen molar-refractivity contribution in [3.8, 4) is 0 Å². The molecule has 0 bridgehead atoms. The Labute approximate surface area is 102 Å². The minimum absolute atomic E-state index is 0.0374. The van der Waals surface area contributed by atoms with Crippen LogP contribution < -0.4 is 5.32 Å². The first kappa shape index (κ1) is 13.2. The average molecular weight is 288 g/mol. The predicted octanol–water partition coefficient (Wildman–Crippen LogP) is 0.841. The largest absolute Gasteiger partial charge is 0.394 e. The summed E-state index contributed by atoms with van der Waals surface area (Å²) in [5.41, 5.74) is 1.49.